The molecule has 0 aliphatic rings. The Bertz CT molecular complexity index is 1200. The van der Waals surface area contributed by atoms with E-state index in [1.165, 1.54) is 22.9 Å². The largest absolute Gasteiger partial charge is 0.325 e. The van der Waals surface area contributed by atoms with E-state index in [9.17, 15) is 4.79 Å². The summed E-state index contributed by atoms with van der Waals surface area (Å²) in [7, 11) is 0. The predicted octanol–water partition coefficient (Wildman–Crippen LogP) is 5.59. The van der Waals surface area contributed by atoms with Crippen LogP contribution in [-0.2, 0) is 4.79 Å². The fourth-order valence-electron chi connectivity index (χ4n) is 3.21. The van der Waals surface area contributed by atoms with Gasteiger partial charge in [-0.1, -0.05) is 65.9 Å². The van der Waals surface area contributed by atoms with Gasteiger partial charge in [0.05, 0.1) is 5.75 Å². The molecule has 3 aromatic carbocycles. The van der Waals surface area contributed by atoms with Crippen LogP contribution in [0.15, 0.2) is 78.0 Å². The molecule has 0 radical (unpaired) electrons. The molecule has 0 fully saturated rings. The number of hydrogen-bond acceptors (Lipinski definition) is 4. The van der Waals surface area contributed by atoms with Gasteiger partial charge in [-0.2, -0.15) is 0 Å². The number of carbonyl (C=O) groups is 1. The van der Waals surface area contributed by atoms with Crippen LogP contribution in [0.2, 0.25) is 0 Å². The van der Waals surface area contributed by atoms with Crippen molar-refractivity contribution in [3.05, 3.63) is 89.5 Å². The molecule has 5 nitrogen and oxygen atoms in total. The Morgan fingerprint density at radius 1 is 0.903 bits per heavy atom. The number of nitrogens with one attached hydrogen (secondary N) is 1. The molecule has 31 heavy (non-hydrogen) atoms. The Hall–Kier alpha value is -3.38. The molecule has 0 unspecified atom stereocenters. The van der Waals surface area contributed by atoms with Crippen molar-refractivity contribution < 1.29 is 4.79 Å². The lowest BCUT2D eigenvalue weighted by Gasteiger charge is -2.11. The van der Waals surface area contributed by atoms with Crippen molar-refractivity contribution in [2.45, 2.75) is 25.9 Å². The Morgan fingerprint density at radius 2 is 1.65 bits per heavy atom. The third-order valence-electron chi connectivity index (χ3n) is 5.08. The first kappa shape index (κ1) is 20.9. The van der Waals surface area contributed by atoms with Crippen LogP contribution in [0.5, 0.6) is 0 Å². The van der Waals surface area contributed by atoms with Crippen molar-refractivity contribution in [3.8, 4) is 17.1 Å². The number of rotatable bonds is 6. The average molecular weight is 429 g/mol. The van der Waals surface area contributed by atoms with Gasteiger partial charge in [0, 0.05) is 16.9 Å². The maximum absolute atomic E-state index is 12.6. The molecule has 4 aromatic rings. The number of anilines is 1. The molecular weight excluding hydrogens is 404 g/mol. The van der Waals surface area contributed by atoms with Gasteiger partial charge in [0.25, 0.3) is 0 Å². The molecule has 0 spiro atoms. The molecule has 0 aliphatic heterocycles. The van der Waals surface area contributed by atoms with Gasteiger partial charge in [-0.25, -0.2) is 0 Å². The third-order valence-corrected chi connectivity index (χ3v) is 6.01. The van der Waals surface area contributed by atoms with E-state index in [4.69, 9.17) is 0 Å². The summed E-state index contributed by atoms with van der Waals surface area (Å²) in [5, 5.41) is 12.5. The maximum atomic E-state index is 12.6. The van der Waals surface area contributed by atoms with Gasteiger partial charge in [-0.3, -0.25) is 9.36 Å². The number of thioether (sulfide) groups is 1. The number of aromatic nitrogens is 3. The number of aryl methyl sites for hydroxylation is 3. The molecule has 156 valence electrons. The first-order valence-corrected chi connectivity index (χ1v) is 11.1. The minimum absolute atomic E-state index is 0.0760. The second kappa shape index (κ2) is 9.18. The SMILES string of the molecule is Cc1ccc(-n2c(SCC(=O)Nc3ccc(C)c(C)c3)nnc2-c2ccccc2)cc1. The summed E-state index contributed by atoms with van der Waals surface area (Å²) in [6.07, 6.45) is 0. The monoisotopic (exact) mass is 428 g/mol. The first-order chi connectivity index (χ1) is 15.0. The van der Waals surface area contributed by atoms with Crippen molar-refractivity contribution in [1.82, 2.24) is 14.8 Å². The molecule has 0 aliphatic carbocycles. The Labute approximate surface area is 186 Å². The zero-order valence-corrected chi connectivity index (χ0v) is 18.6. The average Bonchev–Trinajstić information content (AvgIpc) is 3.20. The van der Waals surface area contributed by atoms with Crippen LogP contribution in [0.1, 0.15) is 16.7 Å². The van der Waals surface area contributed by atoms with E-state index in [1.54, 1.807) is 0 Å². The molecular formula is C25H24N4OS. The van der Waals surface area contributed by atoms with Crippen LogP contribution in [0.25, 0.3) is 17.1 Å². The highest BCUT2D eigenvalue weighted by Crippen LogP contribution is 2.28. The van der Waals surface area contributed by atoms with Crippen molar-refractivity contribution in [2.24, 2.45) is 0 Å². The van der Waals surface area contributed by atoms with Gasteiger partial charge in [0.1, 0.15) is 0 Å². The highest BCUT2D eigenvalue weighted by Gasteiger charge is 2.17. The molecule has 1 heterocycles. The van der Waals surface area contributed by atoms with Crippen molar-refractivity contribution in [3.63, 3.8) is 0 Å². The van der Waals surface area contributed by atoms with Gasteiger partial charge in [-0.15, -0.1) is 10.2 Å². The number of nitrogens with zero attached hydrogens (tertiary/aromatic N) is 3. The number of carbonyl (C=O) groups excluding carboxylic acids is 1. The number of benzene rings is 3. The summed E-state index contributed by atoms with van der Waals surface area (Å²) < 4.78 is 2.00. The van der Waals surface area contributed by atoms with E-state index in [0.29, 0.717) is 5.16 Å². The zero-order chi connectivity index (χ0) is 21.8. The van der Waals surface area contributed by atoms with Crippen LogP contribution in [0, 0.1) is 20.8 Å². The Morgan fingerprint density at radius 3 is 2.35 bits per heavy atom. The highest BCUT2D eigenvalue weighted by atomic mass is 32.2. The van der Waals surface area contributed by atoms with Gasteiger partial charge in [0.15, 0.2) is 11.0 Å². The molecule has 0 saturated carbocycles. The number of amides is 1. The smallest absolute Gasteiger partial charge is 0.234 e. The maximum Gasteiger partial charge on any atom is 0.234 e. The molecule has 0 atom stereocenters. The Kier molecular flexibility index (Phi) is 6.18. The summed E-state index contributed by atoms with van der Waals surface area (Å²) in [5.41, 5.74) is 6.27. The van der Waals surface area contributed by atoms with E-state index >= 15 is 0 Å². The van der Waals surface area contributed by atoms with Crippen LogP contribution >= 0.6 is 11.8 Å². The van der Waals surface area contributed by atoms with E-state index in [-0.39, 0.29) is 11.7 Å². The van der Waals surface area contributed by atoms with Crippen LogP contribution < -0.4 is 5.32 Å². The zero-order valence-electron chi connectivity index (χ0n) is 17.8. The fraction of sp³-hybridized carbons (Fsp3) is 0.160. The van der Waals surface area contributed by atoms with E-state index in [1.807, 2.05) is 72.2 Å². The summed E-state index contributed by atoms with van der Waals surface area (Å²) in [5.74, 6) is 0.917. The van der Waals surface area contributed by atoms with Gasteiger partial charge < -0.3 is 5.32 Å². The molecule has 4 rings (SSSR count). The van der Waals surface area contributed by atoms with E-state index in [0.717, 1.165) is 28.3 Å². The quantitative estimate of drug-likeness (QED) is 0.407. The lowest BCUT2D eigenvalue weighted by atomic mass is 10.1. The third kappa shape index (κ3) is 4.86. The van der Waals surface area contributed by atoms with Crippen LogP contribution in [0.4, 0.5) is 5.69 Å². The van der Waals surface area contributed by atoms with E-state index < -0.39 is 0 Å². The van der Waals surface area contributed by atoms with Crippen molar-refractivity contribution in [1.29, 1.82) is 0 Å². The van der Waals surface area contributed by atoms with Crippen LogP contribution in [0.3, 0.4) is 0 Å². The Balaban J connectivity index is 1.57. The minimum Gasteiger partial charge on any atom is -0.325 e. The fourth-order valence-corrected chi connectivity index (χ4v) is 3.96. The standard InChI is InChI=1S/C25H24N4OS/c1-17-9-13-22(14-10-17)29-24(20-7-5-4-6-8-20)27-28-25(29)31-16-23(30)26-21-12-11-18(2)19(3)15-21/h4-15H,16H2,1-3H3,(H,26,30). The first-order valence-electron chi connectivity index (χ1n) is 10.1. The minimum atomic E-state index is -0.0760. The summed E-state index contributed by atoms with van der Waals surface area (Å²) in [6, 6.07) is 24.1. The number of hydrogen-bond donors (Lipinski definition) is 1. The highest BCUT2D eigenvalue weighted by molar-refractivity contribution is 7.99. The topological polar surface area (TPSA) is 59.8 Å². The molecule has 6 heteroatoms. The second-order valence-corrected chi connectivity index (χ2v) is 8.42. The molecule has 0 bridgehead atoms. The summed E-state index contributed by atoms with van der Waals surface area (Å²) >= 11 is 1.37. The normalized spacial score (nSPS) is 10.8. The molecule has 1 aromatic heterocycles. The van der Waals surface area contributed by atoms with Crippen LogP contribution in [-0.4, -0.2) is 26.4 Å². The van der Waals surface area contributed by atoms with Gasteiger partial charge in [-0.05, 0) is 56.2 Å². The summed E-state index contributed by atoms with van der Waals surface area (Å²) in [6.45, 7) is 6.15. The van der Waals surface area contributed by atoms with Gasteiger partial charge in [0.2, 0.25) is 5.91 Å². The lowest BCUT2D eigenvalue weighted by molar-refractivity contribution is -0.113. The summed E-state index contributed by atoms with van der Waals surface area (Å²) in [4.78, 5) is 12.6. The lowest BCUT2D eigenvalue weighted by Crippen LogP contribution is -2.14. The molecule has 0 saturated heterocycles. The van der Waals surface area contributed by atoms with Crippen molar-refractivity contribution in [2.75, 3.05) is 11.1 Å². The van der Waals surface area contributed by atoms with E-state index in [2.05, 4.69) is 41.5 Å². The second-order valence-electron chi connectivity index (χ2n) is 7.48. The van der Waals surface area contributed by atoms with Gasteiger partial charge >= 0.3 is 0 Å². The molecule has 1 amide bonds. The molecule has 1 N–H and O–H groups in total. The predicted molar refractivity (Wildman–Crippen MR) is 127 cm³/mol. The van der Waals surface area contributed by atoms with Crippen molar-refractivity contribution >= 4 is 23.4 Å².